The van der Waals surface area contributed by atoms with Gasteiger partial charge >= 0.3 is 0 Å². The Morgan fingerprint density at radius 3 is 2.84 bits per heavy atom. The number of phenolic OH excluding ortho intramolecular Hbond substituents is 1. The number of hydrogen-bond acceptors (Lipinski definition) is 3. The molecule has 2 aromatic carbocycles. The number of aromatic amines is 1. The summed E-state index contributed by atoms with van der Waals surface area (Å²) < 4.78 is 0. The second-order valence-corrected chi connectivity index (χ2v) is 4.11. The molecule has 1 heterocycles. The fourth-order valence-electron chi connectivity index (χ4n) is 1.94. The summed E-state index contributed by atoms with van der Waals surface area (Å²) in [4.78, 5) is 12.2. The highest BCUT2D eigenvalue weighted by molar-refractivity contribution is 6.12. The van der Waals surface area contributed by atoms with Gasteiger partial charge in [-0.2, -0.15) is 5.10 Å². The van der Waals surface area contributed by atoms with Crippen LogP contribution >= 0.6 is 0 Å². The second-order valence-electron chi connectivity index (χ2n) is 4.11. The average Bonchev–Trinajstić information content (AvgIpc) is 2.89. The van der Waals surface area contributed by atoms with Crippen LogP contribution in [-0.2, 0) is 0 Å². The highest BCUT2D eigenvalue weighted by Crippen LogP contribution is 2.23. The zero-order valence-corrected chi connectivity index (χ0v) is 9.92. The summed E-state index contributed by atoms with van der Waals surface area (Å²) in [5, 5.41) is 19.8. The minimum atomic E-state index is -0.284. The molecular formula is C14H11N3O2. The number of rotatable bonds is 2. The summed E-state index contributed by atoms with van der Waals surface area (Å²) in [7, 11) is 0. The molecule has 1 amide bonds. The largest absolute Gasteiger partial charge is 0.506 e. The molecule has 0 radical (unpaired) electrons. The number of nitrogens with zero attached hydrogens (tertiary/aromatic N) is 1. The Morgan fingerprint density at radius 2 is 2.00 bits per heavy atom. The normalized spacial score (nSPS) is 10.5. The number of carbonyl (C=O) groups is 1. The Kier molecular flexibility index (Phi) is 2.64. The van der Waals surface area contributed by atoms with Gasteiger partial charge in [0.2, 0.25) is 0 Å². The standard InChI is InChI=1S/C14H11N3O2/c18-13-7-2-1-5-12(13)16-14(19)9-4-3-6-11-10(9)8-15-17-11/h1-8,18H,(H,15,17)(H,16,19). The van der Waals surface area contributed by atoms with Crippen LogP contribution in [0.15, 0.2) is 48.7 Å². The van der Waals surface area contributed by atoms with Gasteiger partial charge in [0.15, 0.2) is 0 Å². The molecular weight excluding hydrogens is 242 g/mol. The van der Waals surface area contributed by atoms with Crippen LogP contribution in [0, 0.1) is 0 Å². The Labute approximate surface area is 108 Å². The SMILES string of the molecule is O=C(Nc1ccccc1O)c1cccc2[nH]ncc12. The summed E-state index contributed by atoms with van der Waals surface area (Å²) in [6.07, 6.45) is 1.61. The molecule has 0 spiro atoms. The maximum Gasteiger partial charge on any atom is 0.256 e. The number of H-pyrrole nitrogens is 1. The number of amides is 1. The van der Waals surface area contributed by atoms with Gasteiger partial charge in [0.25, 0.3) is 5.91 Å². The first-order chi connectivity index (χ1) is 9.25. The summed E-state index contributed by atoms with van der Waals surface area (Å²) in [5.41, 5.74) is 1.69. The van der Waals surface area contributed by atoms with E-state index in [9.17, 15) is 9.90 Å². The van der Waals surface area contributed by atoms with Gasteiger partial charge in [-0.05, 0) is 24.3 Å². The molecule has 0 saturated heterocycles. The van der Waals surface area contributed by atoms with E-state index in [2.05, 4.69) is 15.5 Å². The number of hydrogen-bond donors (Lipinski definition) is 3. The number of para-hydroxylation sites is 2. The number of aromatic hydroxyl groups is 1. The molecule has 0 atom stereocenters. The second kappa shape index (κ2) is 4.45. The third kappa shape index (κ3) is 2.01. The van der Waals surface area contributed by atoms with Crippen molar-refractivity contribution in [3.05, 3.63) is 54.2 Å². The molecule has 0 bridgehead atoms. The van der Waals surface area contributed by atoms with E-state index in [1.807, 2.05) is 6.07 Å². The minimum Gasteiger partial charge on any atom is -0.506 e. The third-order valence-electron chi connectivity index (χ3n) is 2.88. The summed E-state index contributed by atoms with van der Waals surface area (Å²) in [6, 6.07) is 11.9. The molecule has 3 N–H and O–H groups in total. The van der Waals surface area contributed by atoms with Gasteiger partial charge in [-0.15, -0.1) is 0 Å². The van der Waals surface area contributed by atoms with Crippen molar-refractivity contribution >= 4 is 22.5 Å². The van der Waals surface area contributed by atoms with E-state index in [0.29, 0.717) is 11.3 Å². The zero-order valence-electron chi connectivity index (χ0n) is 9.92. The predicted molar refractivity (Wildman–Crippen MR) is 72.2 cm³/mol. The van der Waals surface area contributed by atoms with Gasteiger partial charge in [-0.3, -0.25) is 9.89 Å². The van der Waals surface area contributed by atoms with E-state index in [4.69, 9.17) is 0 Å². The number of benzene rings is 2. The monoisotopic (exact) mass is 253 g/mol. The van der Waals surface area contributed by atoms with Gasteiger partial charge in [-0.25, -0.2) is 0 Å². The van der Waals surface area contributed by atoms with Crippen LogP contribution in [0.3, 0.4) is 0 Å². The van der Waals surface area contributed by atoms with Crippen molar-refractivity contribution in [2.75, 3.05) is 5.32 Å². The van der Waals surface area contributed by atoms with Crippen LogP contribution in [0.1, 0.15) is 10.4 Å². The molecule has 0 unspecified atom stereocenters. The molecule has 0 aliphatic heterocycles. The van der Waals surface area contributed by atoms with E-state index in [1.54, 1.807) is 36.5 Å². The molecule has 0 aliphatic carbocycles. The van der Waals surface area contributed by atoms with Crippen molar-refractivity contribution < 1.29 is 9.90 Å². The number of carbonyl (C=O) groups excluding carboxylic acids is 1. The summed E-state index contributed by atoms with van der Waals surface area (Å²) in [5.74, 6) is -0.247. The third-order valence-corrected chi connectivity index (χ3v) is 2.88. The molecule has 94 valence electrons. The van der Waals surface area contributed by atoms with Crippen molar-refractivity contribution in [1.29, 1.82) is 0 Å². The fraction of sp³-hybridized carbons (Fsp3) is 0. The summed E-state index contributed by atoms with van der Waals surface area (Å²) >= 11 is 0. The minimum absolute atomic E-state index is 0.0372. The zero-order chi connectivity index (χ0) is 13.2. The van der Waals surface area contributed by atoms with Gasteiger partial charge in [0.05, 0.1) is 23.0 Å². The first-order valence-corrected chi connectivity index (χ1v) is 5.77. The predicted octanol–water partition coefficient (Wildman–Crippen LogP) is 2.52. The van der Waals surface area contributed by atoms with Crippen molar-refractivity contribution in [3.8, 4) is 5.75 Å². The summed E-state index contributed by atoms with van der Waals surface area (Å²) in [6.45, 7) is 0. The van der Waals surface area contributed by atoms with Crippen LogP contribution in [0.25, 0.3) is 10.9 Å². The van der Waals surface area contributed by atoms with Crippen LogP contribution in [0.4, 0.5) is 5.69 Å². The molecule has 1 aromatic heterocycles. The Bertz CT molecular complexity index is 749. The first kappa shape index (κ1) is 11.3. The quantitative estimate of drug-likeness (QED) is 0.614. The Morgan fingerprint density at radius 1 is 1.16 bits per heavy atom. The van der Waals surface area contributed by atoms with E-state index in [-0.39, 0.29) is 11.7 Å². The molecule has 3 aromatic rings. The number of nitrogens with one attached hydrogen (secondary N) is 2. The average molecular weight is 253 g/mol. The van der Waals surface area contributed by atoms with Crippen molar-refractivity contribution in [2.24, 2.45) is 0 Å². The molecule has 3 rings (SSSR count). The Balaban J connectivity index is 1.97. The highest BCUT2D eigenvalue weighted by atomic mass is 16.3. The van der Waals surface area contributed by atoms with E-state index >= 15 is 0 Å². The van der Waals surface area contributed by atoms with Crippen molar-refractivity contribution in [1.82, 2.24) is 10.2 Å². The van der Waals surface area contributed by atoms with Gasteiger partial charge in [-0.1, -0.05) is 18.2 Å². The number of phenols is 1. The molecule has 0 aliphatic rings. The van der Waals surface area contributed by atoms with Gasteiger partial charge < -0.3 is 10.4 Å². The highest BCUT2D eigenvalue weighted by Gasteiger charge is 2.12. The lowest BCUT2D eigenvalue weighted by Crippen LogP contribution is -2.12. The van der Waals surface area contributed by atoms with Gasteiger partial charge in [0.1, 0.15) is 5.75 Å². The van der Waals surface area contributed by atoms with E-state index < -0.39 is 0 Å². The smallest absolute Gasteiger partial charge is 0.256 e. The van der Waals surface area contributed by atoms with Crippen LogP contribution in [0.5, 0.6) is 5.75 Å². The van der Waals surface area contributed by atoms with Gasteiger partial charge in [0, 0.05) is 5.39 Å². The number of fused-ring (bicyclic) bond motifs is 1. The van der Waals surface area contributed by atoms with E-state index in [1.165, 1.54) is 6.07 Å². The lowest BCUT2D eigenvalue weighted by Gasteiger charge is -2.07. The molecule has 0 fully saturated rings. The van der Waals surface area contributed by atoms with Crippen molar-refractivity contribution in [2.45, 2.75) is 0 Å². The number of aromatic nitrogens is 2. The van der Waals surface area contributed by atoms with Crippen molar-refractivity contribution in [3.63, 3.8) is 0 Å². The topological polar surface area (TPSA) is 78.0 Å². The lowest BCUT2D eigenvalue weighted by molar-refractivity contribution is 0.102. The molecule has 19 heavy (non-hydrogen) atoms. The maximum atomic E-state index is 12.2. The fourth-order valence-corrected chi connectivity index (χ4v) is 1.94. The number of anilines is 1. The molecule has 5 nitrogen and oxygen atoms in total. The van der Waals surface area contributed by atoms with E-state index in [0.717, 1.165) is 10.9 Å². The molecule has 0 saturated carbocycles. The lowest BCUT2D eigenvalue weighted by atomic mass is 10.1. The van der Waals surface area contributed by atoms with Crippen LogP contribution < -0.4 is 5.32 Å². The maximum absolute atomic E-state index is 12.2. The molecule has 5 heteroatoms. The van der Waals surface area contributed by atoms with Crippen LogP contribution in [-0.4, -0.2) is 21.2 Å². The Hall–Kier alpha value is -2.82. The first-order valence-electron chi connectivity index (χ1n) is 5.77. The van der Waals surface area contributed by atoms with Crippen LogP contribution in [0.2, 0.25) is 0 Å².